The number of pyridine rings is 1. The third-order valence-electron chi connectivity index (χ3n) is 3.62. The zero-order valence-corrected chi connectivity index (χ0v) is 16.8. The van der Waals surface area contributed by atoms with Gasteiger partial charge in [-0.25, -0.2) is 4.99 Å². The average Bonchev–Trinajstić information content (AvgIpc) is 2.89. The molecular weight excluding hydrogens is 407 g/mol. The largest absolute Gasteiger partial charge is 0.357 e. The van der Waals surface area contributed by atoms with E-state index in [9.17, 15) is 0 Å². The molecule has 1 aromatic rings. The Morgan fingerprint density at radius 2 is 2.23 bits per heavy atom. The number of hydrogen-bond acceptors (Lipinski definition) is 3. The Hall–Kier alpha value is -0.500. The van der Waals surface area contributed by atoms with E-state index in [-0.39, 0.29) is 24.0 Å². The molecule has 6 heteroatoms. The van der Waals surface area contributed by atoms with Crippen molar-refractivity contribution in [2.24, 2.45) is 4.99 Å². The number of guanidine groups is 1. The van der Waals surface area contributed by atoms with E-state index in [1.807, 2.05) is 25.1 Å². The summed E-state index contributed by atoms with van der Waals surface area (Å²) in [6, 6.07) is 6.06. The number of halogens is 1. The van der Waals surface area contributed by atoms with Gasteiger partial charge in [-0.05, 0) is 51.5 Å². The van der Waals surface area contributed by atoms with Crippen LogP contribution in [0.15, 0.2) is 23.2 Å². The van der Waals surface area contributed by atoms with Crippen molar-refractivity contribution in [3.05, 3.63) is 29.6 Å². The molecule has 1 saturated heterocycles. The monoisotopic (exact) mass is 434 g/mol. The lowest BCUT2D eigenvalue weighted by molar-refractivity contribution is 0.584. The van der Waals surface area contributed by atoms with Crippen molar-refractivity contribution in [1.29, 1.82) is 0 Å². The molecular formula is C16H27IN4S. The SMILES string of the molecule is CCNC(=NCc1cccc(C)n1)NCC1(C)CCCS1.I. The smallest absolute Gasteiger partial charge is 0.191 e. The van der Waals surface area contributed by atoms with Crippen LogP contribution in [0, 0.1) is 6.92 Å². The maximum atomic E-state index is 4.64. The van der Waals surface area contributed by atoms with Crippen LogP contribution in [0.5, 0.6) is 0 Å². The van der Waals surface area contributed by atoms with Gasteiger partial charge in [0.1, 0.15) is 0 Å². The zero-order chi connectivity index (χ0) is 15.1. The van der Waals surface area contributed by atoms with Gasteiger partial charge >= 0.3 is 0 Å². The summed E-state index contributed by atoms with van der Waals surface area (Å²) >= 11 is 2.06. The summed E-state index contributed by atoms with van der Waals surface area (Å²) in [5, 5.41) is 6.79. The average molecular weight is 434 g/mol. The van der Waals surface area contributed by atoms with Gasteiger partial charge in [0.25, 0.3) is 0 Å². The fraction of sp³-hybridized carbons (Fsp3) is 0.625. The highest BCUT2D eigenvalue weighted by Gasteiger charge is 2.29. The second-order valence-electron chi connectivity index (χ2n) is 5.72. The predicted octanol–water partition coefficient (Wildman–Crippen LogP) is 3.35. The Bertz CT molecular complexity index is 487. The van der Waals surface area contributed by atoms with Crippen molar-refractivity contribution >= 4 is 41.7 Å². The molecule has 22 heavy (non-hydrogen) atoms. The molecule has 1 atom stereocenters. The highest BCUT2D eigenvalue weighted by Crippen LogP contribution is 2.36. The van der Waals surface area contributed by atoms with Crippen molar-refractivity contribution in [3.8, 4) is 0 Å². The number of aromatic nitrogens is 1. The molecule has 0 bridgehead atoms. The van der Waals surface area contributed by atoms with Crippen molar-refractivity contribution in [2.45, 2.75) is 44.9 Å². The predicted molar refractivity (Wildman–Crippen MR) is 107 cm³/mol. The number of rotatable bonds is 5. The Labute approximate surface area is 155 Å². The van der Waals surface area contributed by atoms with Gasteiger partial charge in [-0.2, -0.15) is 11.8 Å². The maximum Gasteiger partial charge on any atom is 0.191 e. The lowest BCUT2D eigenvalue weighted by Gasteiger charge is -2.24. The Morgan fingerprint density at radius 1 is 1.41 bits per heavy atom. The molecule has 124 valence electrons. The van der Waals surface area contributed by atoms with E-state index in [1.54, 1.807) is 0 Å². The molecule has 1 aliphatic heterocycles. The van der Waals surface area contributed by atoms with E-state index in [1.165, 1.54) is 18.6 Å². The first-order chi connectivity index (χ1) is 10.1. The first kappa shape index (κ1) is 19.5. The van der Waals surface area contributed by atoms with Crippen LogP contribution < -0.4 is 10.6 Å². The molecule has 2 rings (SSSR count). The number of aryl methyl sites for hydroxylation is 1. The number of hydrogen-bond donors (Lipinski definition) is 2. The summed E-state index contributed by atoms with van der Waals surface area (Å²) in [4.78, 5) is 9.13. The van der Waals surface area contributed by atoms with Crippen molar-refractivity contribution in [1.82, 2.24) is 15.6 Å². The summed E-state index contributed by atoms with van der Waals surface area (Å²) in [7, 11) is 0. The summed E-state index contributed by atoms with van der Waals surface area (Å²) in [5.74, 6) is 2.16. The molecule has 1 unspecified atom stereocenters. The highest BCUT2D eigenvalue weighted by atomic mass is 127. The van der Waals surface area contributed by atoms with Crippen LogP contribution in [0.3, 0.4) is 0 Å². The van der Waals surface area contributed by atoms with Crippen LogP contribution in [0.2, 0.25) is 0 Å². The van der Waals surface area contributed by atoms with Gasteiger partial charge in [-0.3, -0.25) is 4.98 Å². The number of nitrogens with one attached hydrogen (secondary N) is 2. The van der Waals surface area contributed by atoms with Crippen molar-refractivity contribution in [3.63, 3.8) is 0 Å². The molecule has 0 amide bonds. The minimum atomic E-state index is 0. The molecule has 2 heterocycles. The number of thioether (sulfide) groups is 1. The van der Waals surface area contributed by atoms with E-state index < -0.39 is 0 Å². The summed E-state index contributed by atoms with van der Waals surface area (Å²) in [6.07, 6.45) is 2.60. The minimum Gasteiger partial charge on any atom is -0.357 e. The van der Waals surface area contributed by atoms with Gasteiger partial charge in [0, 0.05) is 23.5 Å². The van der Waals surface area contributed by atoms with E-state index in [2.05, 4.69) is 46.2 Å². The summed E-state index contributed by atoms with van der Waals surface area (Å²) in [5.41, 5.74) is 2.05. The zero-order valence-electron chi connectivity index (χ0n) is 13.7. The van der Waals surface area contributed by atoms with Gasteiger partial charge in [0.05, 0.1) is 12.2 Å². The molecule has 1 fully saturated rings. The van der Waals surface area contributed by atoms with E-state index in [0.717, 1.165) is 30.4 Å². The van der Waals surface area contributed by atoms with Crippen LogP contribution in [0.25, 0.3) is 0 Å². The third-order valence-corrected chi connectivity index (χ3v) is 5.16. The number of aliphatic imine (C=N–C) groups is 1. The highest BCUT2D eigenvalue weighted by molar-refractivity contribution is 14.0. The van der Waals surface area contributed by atoms with Crippen LogP contribution in [-0.2, 0) is 6.54 Å². The van der Waals surface area contributed by atoms with E-state index in [4.69, 9.17) is 0 Å². The van der Waals surface area contributed by atoms with Crippen LogP contribution in [-0.4, -0.2) is 34.5 Å². The fourth-order valence-corrected chi connectivity index (χ4v) is 3.68. The fourth-order valence-electron chi connectivity index (χ4n) is 2.44. The van der Waals surface area contributed by atoms with Gasteiger partial charge in [0.2, 0.25) is 0 Å². The van der Waals surface area contributed by atoms with E-state index >= 15 is 0 Å². The minimum absolute atomic E-state index is 0. The Balaban J connectivity index is 0.00000242. The molecule has 2 N–H and O–H groups in total. The van der Waals surface area contributed by atoms with Gasteiger partial charge in [-0.1, -0.05) is 6.07 Å². The number of nitrogens with zero attached hydrogens (tertiary/aromatic N) is 2. The van der Waals surface area contributed by atoms with E-state index in [0.29, 0.717) is 11.3 Å². The molecule has 0 saturated carbocycles. The van der Waals surface area contributed by atoms with Gasteiger partial charge in [-0.15, -0.1) is 24.0 Å². The quantitative estimate of drug-likeness (QED) is 0.424. The molecule has 0 spiro atoms. The third kappa shape index (κ3) is 6.32. The second-order valence-corrected chi connectivity index (χ2v) is 7.40. The molecule has 1 aliphatic rings. The maximum absolute atomic E-state index is 4.64. The molecule has 0 aliphatic carbocycles. The topological polar surface area (TPSA) is 49.3 Å². The van der Waals surface area contributed by atoms with Crippen LogP contribution in [0.4, 0.5) is 0 Å². The molecule has 1 aromatic heterocycles. The first-order valence-electron chi connectivity index (χ1n) is 7.70. The van der Waals surface area contributed by atoms with Gasteiger partial charge < -0.3 is 10.6 Å². The Kier molecular flexibility index (Phi) is 8.53. The van der Waals surface area contributed by atoms with Gasteiger partial charge in [0.15, 0.2) is 5.96 Å². The molecule has 4 nitrogen and oxygen atoms in total. The van der Waals surface area contributed by atoms with Crippen molar-refractivity contribution in [2.75, 3.05) is 18.8 Å². The standard InChI is InChI=1S/C16H26N4S.HI/c1-4-17-15(19-12-16(3)9-6-10-21-16)18-11-14-8-5-7-13(2)20-14;/h5,7-8H,4,6,9-12H2,1-3H3,(H2,17,18,19);1H. The lowest BCUT2D eigenvalue weighted by Crippen LogP contribution is -2.43. The second kappa shape index (κ2) is 9.60. The molecule has 0 aromatic carbocycles. The first-order valence-corrected chi connectivity index (χ1v) is 8.68. The normalized spacial score (nSPS) is 21.3. The van der Waals surface area contributed by atoms with Crippen molar-refractivity contribution < 1.29 is 0 Å². The summed E-state index contributed by atoms with van der Waals surface area (Å²) in [6.45, 7) is 8.88. The van der Waals surface area contributed by atoms with Crippen LogP contribution in [0.1, 0.15) is 38.1 Å². The Morgan fingerprint density at radius 3 is 2.86 bits per heavy atom. The molecule has 0 radical (unpaired) electrons. The summed E-state index contributed by atoms with van der Waals surface area (Å²) < 4.78 is 0.345. The lowest BCUT2D eigenvalue weighted by atomic mass is 10.1. The van der Waals surface area contributed by atoms with Crippen LogP contribution >= 0.6 is 35.7 Å².